The maximum Gasteiger partial charge on any atom is 0.229 e. The minimum Gasteiger partial charge on any atom is -0.487 e. The summed E-state index contributed by atoms with van der Waals surface area (Å²) in [5.41, 5.74) is 0. The number of hydrogen-bond acceptors (Lipinski definition) is 5. The molecule has 0 amide bonds. The Kier molecular flexibility index (Phi) is 3.76. The summed E-state index contributed by atoms with van der Waals surface area (Å²) in [4.78, 5) is 6.77. The zero-order valence-electron chi connectivity index (χ0n) is 12.2. The Morgan fingerprint density at radius 3 is 2.95 bits per heavy atom. The molecule has 1 saturated carbocycles. The SMILES string of the molecule is Clc1ccccc1OC1CCN(Cc2noc(C3CC3)n2)C1. The monoisotopic (exact) mass is 319 g/mol. The Balaban J connectivity index is 1.33. The second kappa shape index (κ2) is 5.89. The van der Waals surface area contributed by atoms with E-state index in [0.717, 1.165) is 43.5 Å². The smallest absolute Gasteiger partial charge is 0.229 e. The highest BCUT2D eigenvalue weighted by molar-refractivity contribution is 6.32. The molecular formula is C16H18ClN3O2. The fourth-order valence-corrected chi connectivity index (χ4v) is 2.96. The van der Waals surface area contributed by atoms with Crippen molar-refractivity contribution in [1.29, 1.82) is 0 Å². The molecule has 5 nitrogen and oxygen atoms in total. The lowest BCUT2D eigenvalue weighted by molar-refractivity contribution is 0.196. The zero-order chi connectivity index (χ0) is 14.9. The van der Waals surface area contributed by atoms with E-state index in [1.807, 2.05) is 24.3 Å². The lowest BCUT2D eigenvalue weighted by Gasteiger charge is -2.16. The molecule has 1 unspecified atom stereocenters. The molecule has 2 heterocycles. The normalized spacial score (nSPS) is 22.1. The van der Waals surface area contributed by atoms with Gasteiger partial charge in [-0.25, -0.2) is 0 Å². The van der Waals surface area contributed by atoms with Crippen LogP contribution in [0.3, 0.4) is 0 Å². The van der Waals surface area contributed by atoms with Crippen LogP contribution in [0.25, 0.3) is 0 Å². The molecule has 1 aromatic heterocycles. The van der Waals surface area contributed by atoms with Crippen LogP contribution in [0.1, 0.15) is 36.9 Å². The van der Waals surface area contributed by atoms with Crippen molar-refractivity contribution >= 4 is 11.6 Å². The molecule has 1 aliphatic heterocycles. The Morgan fingerprint density at radius 1 is 1.27 bits per heavy atom. The van der Waals surface area contributed by atoms with Gasteiger partial charge in [-0.2, -0.15) is 4.98 Å². The van der Waals surface area contributed by atoms with Crippen molar-refractivity contribution in [3.63, 3.8) is 0 Å². The van der Waals surface area contributed by atoms with Gasteiger partial charge in [-0.3, -0.25) is 4.90 Å². The summed E-state index contributed by atoms with van der Waals surface area (Å²) >= 11 is 6.14. The first-order chi connectivity index (χ1) is 10.8. The quantitative estimate of drug-likeness (QED) is 0.846. The van der Waals surface area contributed by atoms with E-state index >= 15 is 0 Å². The molecule has 22 heavy (non-hydrogen) atoms. The first-order valence-electron chi connectivity index (χ1n) is 7.74. The van der Waals surface area contributed by atoms with Crippen LogP contribution in [0.5, 0.6) is 5.75 Å². The molecule has 2 aromatic rings. The van der Waals surface area contributed by atoms with Crippen LogP contribution in [0.4, 0.5) is 0 Å². The molecule has 0 bridgehead atoms. The second-order valence-corrected chi connectivity index (χ2v) is 6.42. The van der Waals surface area contributed by atoms with Gasteiger partial charge in [0.25, 0.3) is 0 Å². The molecule has 4 rings (SSSR count). The van der Waals surface area contributed by atoms with E-state index in [-0.39, 0.29) is 6.10 Å². The molecule has 1 saturated heterocycles. The third kappa shape index (κ3) is 3.10. The molecule has 2 aliphatic rings. The third-order valence-corrected chi connectivity index (χ3v) is 4.45. The van der Waals surface area contributed by atoms with Crippen LogP contribution in [0.15, 0.2) is 28.8 Å². The fourth-order valence-electron chi connectivity index (χ4n) is 2.78. The van der Waals surface area contributed by atoms with Crippen molar-refractivity contribution in [1.82, 2.24) is 15.0 Å². The van der Waals surface area contributed by atoms with Gasteiger partial charge in [0.05, 0.1) is 11.6 Å². The second-order valence-electron chi connectivity index (χ2n) is 6.02. The average Bonchev–Trinajstić information content (AvgIpc) is 3.11. The highest BCUT2D eigenvalue weighted by Crippen LogP contribution is 2.38. The molecule has 0 radical (unpaired) electrons. The van der Waals surface area contributed by atoms with Crippen LogP contribution in [0, 0.1) is 0 Å². The van der Waals surface area contributed by atoms with Gasteiger partial charge in [0.1, 0.15) is 11.9 Å². The summed E-state index contributed by atoms with van der Waals surface area (Å²) in [5, 5.41) is 4.73. The maximum absolute atomic E-state index is 6.14. The van der Waals surface area contributed by atoms with E-state index in [9.17, 15) is 0 Å². The Morgan fingerprint density at radius 2 is 2.14 bits per heavy atom. The van der Waals surface area contributed by atoms with Gasteiger partial charge in [-0.15, -0.1) is 0 Å². The molecule has 2 fully saturated rings. The number of aromatic nitrogens is 2. The molecule has 1 aromatic carbocycles. The number of nitrogens with zero attached hydrogens (tertiary/aromatic N) is 3. The number of ether oxygens (including phenoxy) is 1. The Bertz CT molecular complexity index is 656. The third-order valence-electron chi connectivity index (χ3n) is 4.13. The molecule has 0 spiro atoms. The fraction of sp³-hybridized carbons (Fsp3) is 0.500. The summed E-state index contributed by atoms with van der Waals surface area (Å²) in [7, 11) is 0. The van der Waals surface area contributed by atoms with Gasteiger partial charge in [0.15, 0.2) is 5.82 Å². The predicted molar refractivity (Wildman–Crippen MR) is 82.0 cm³/mol. The highest BCUT2D eigenvalue weighted by Gasteiger charge is 2.30. The van der Waals surface area contributed by atoms with Crippen LogP contribution in [-0.2, 0) is 6.54 Å². The molecule has 0 N–H and O–H groups in total. The Hall–Kier alpha value is -1.59. The van der Waals surface area contributed by atoms with Crippen molar-refractivity contribution in [3.8, 4) is 5.75 Å². The number of rotatable bonds is 5. The van der Waals surface area contributed by atoms with E-state index in [2.05, 4.69) is 15.0 Å². The topological polar surface area (TPSA) is 51.4 Å². The standard InChI is InChI=1S/C16H18ClN3O2/c17-13-3-1-2-4-14(13)21-12-7-8-20(9-12)10-15-18-16(22-19-15)11-5-6-11/h1-4,11-12H,5-10H2. The van der Waals surface area contributed by atoms with Crippen LogP contribution >= 0.6 is 11.6 Å². The number of benzene rings is 1. The van der Waals surface area contributed by atoms with Crippen LogP contribution < -0.4 is 4.74 Å². The van der Waals surface area contributed by atoms with Gasteiger partial charge in [0.2, 0.25) is 5.89 Å². The van der Waals surface area contributed by atoms with Gasteiger partial charge >= 0.3 is 0 Å². The molecular weight excluding hydrogens is 302 g/mol. The van der Waals surface area contributed by atoms with E-state index in [1.54, 1.807) is 0 Å². The molecule has 1 aliphatic carbocycles. The molecule has 1 atom stereocenters. The van der Waals surface area contributed by atoms with Gasteiger partial charge in [0, 0.05) is 19.0 Å². The molecule has 6 heteroatoms. The summed E-state index contributed by atoms with van der Waals surface area (Å²) < 4.78 is 11.3. The van der Waals surface area contributed by atoms with Crippen LogP contribution in [0.2, 0.25) is 5.02 Å². The summed E-state index contributed by atoms with van der Waals surface area (Å²) in [6, 6.07) is 7.60. The number of halogens is 1. The molecule has 116 valence electrons. The van der Waals surface area contributed by atoms with Gasteiger partial charge in [-0.1, -0.05) is 28.9 Å². The van der Waals surface area contributed by atoms with Crippen molar-refractivity contribution in [2.24, 2.45) is 0 Å². The zero-order valence-corrected chi connectivity index (χ0v) is 13.0. The number of likely N-dealkylation sites (tertiary alicyclic amines) is 1. The van der Waals surface area contributed by atoms with Crippen molar-refractivity contribution in [2.75, 3.05) is 13.1 Å². The summed E-state index contributed by atoms with van der Waals surface area (Å²) in [5.74, 6) is 2.85. The van der Waals surface area contributed by atoms with E-state index in [0.29, 0.717) is 10.9 Å². The minimum atomic E-state index is 0.162. The van der Waals surface area contributed by atoms with Crippen LogP contribution in [-0.4, -0.2) is 34.2 Å². The van der Waals surface area contributed by atoms with Crippen molar-refractivity contribution in [3.05, 3.63) is 41.0 Å². The minimum absolute atomic E-state index is 0.162. The first-order valence-corrected chi connectivity index (χ1v) is 8.12. The largest absolute Gasteiger partial charge is 0.487 e. The lowest BCUT2D eigenvalue weighted by Crippen LogP contribution is -2.25. The lowest BCUT2D eigenvalue weighted by atomic mass is 10.3. The van der Waals surface area contributed by atoms with Crippen molar-refractivity contribution in [2.45, 2.75) is 37.8 Å². The van der Waals surface area contributed by atoms with Gasteiger partial charge in [-0.05, 0) is 31.4 Å². The van der Waals surface area contributed by atoms with Crippen molar-refractivity contribution < 1.29 is 9.26 Å². The average molecular weight is 320 g/mol. The van der Waals surface area contributed by atoms with E-state index < -0.39 is 0 Å². The highest BCUT2D eigenvalue weighted by atomic mass is 35.5. The summed E-state index contributed by atoms with van der Waals surface area (Å²) in [6.45, 7) is 2.56. The van der Waals surface area contributed by atoms with E-state index in [4.69, 9.17) is 20.9 Å². The predicted octanol–water partition coefficient (Wildman–Crippen LogP) is 3.25. The maximum atomic E-state index is 6.14. The number of hydrogen-bond donors (Lipinski definition) is 0. The van der Waals surface area contributed by atoms with Gasteiger partial charge < -0.3 is 9.26 Å². The Labute approximate surface area is 134 Å². The van der Waals surface area contributed by atoms with E-state index in [1.165, 1.54) is 12.8 Å². The first kappa shape index (κ1) is 14.0. The number of para-hydroxylation sites is 1. The summed E-state index contributed by atoms with van der Waals surface area (Å²) in [6.07, 6.45) is 3.51.